The molecule has 0 saturated heterocycles. The molecule has 1 fully saturated rings. The van der Waals surface area contributed by atoms with Crippen molar-refractivity contribution >= 4 is 5.96 Å². The van der Waals surface area contributed by atoms with Crippen LogP contribution in [0.5, 0.6) is 11.5 Å². The maximum atomic E-state index is 5.56. The second kappa shape index (κ2) is 8.35. The third-order valence-corrected chi connectivity index (χ3v) is 5.78. The smallest absolute Gasteiger partial charge is 0.231 e. The summed E-state index contributed by atoms with van der Waals surface area (Å²) in [5, 5.41) is 11.1. The molecule has 2 aromatic rings. The van der Waals surface area contributed by atoms with Crippen LogP contribution in [0.15, 0.2) is 27.7 Å². The lowest BCUT2D eigenvalue weighted by Crippen LogP contribution is -2.41. The number of ether oxygens (including phenoxy) is 2. The summed E-state index contributed by atoms with van der Waals surface area (Å²) < 4.78 is 16.5. The van der Waals surface area contributed by atoms with Crippen LogP contribution < -0.4 is 20.1 Å². The molecule has 156 valence electrons. The molecule has 1 aliphatic heterocycles. The summed E-state index contributed by atoms with van der Waals surface area (Å²) in [4.78, 5) is 4.81. The van der Waals surface area contributed by atoms with E-state index in [-0.39, 0.29) is 5.41 Å². The van der Waals surface area contributed by atoms with Gasteiger partial charge in [0.05, 0.1) is 12.2 Å². The Labute approximate surface area is 171 Å². The minimum absolute atomic E-state index is 0.136. The minimum atomic E-state index is 0.136. The van der Waals surface area contributed by atoms with Crippen molar-refractivity contribution in [2.24, 2.45) is 4.99 Å². The number of rotatable bonds is 8. The molecule has 0 amide bonds. The van der Waals surface area contributed by atoms with Crippen LogP contribution in [-0.2, 0) is 24.8 Å². The van der Waals surface area contributed by atoms with Crippen LogP contribution in [0.1, 0.15) is 56.2 Å². The summed E-state index contributed by atoms with van der Waals surface area (Å²) in [5.74, 6) is 3.44. The van der Waals surface area contributed by atoms with E-state index in [2.05, 4.69) is 48.7 Å². The molecule has 1 saturated carbocycles. The van der Waals surface area contributed by atoms with Crippen LogP contribution in [0.25, 0.3) is 0 Å². The lowest BCUT2D eigenvalue weighted by molar-refractivity contribution is 0.174. The lowest BCUT2D eigenvalue weighted by Gasteiger charge is -2.19. The standard InChI is InChI=1S/C22H30N4O3/c1-4-17-16(18(5-2)29-26-17)12-24-21(23-6-3)25-13-22(9-10-22)15-7-8-19-20(11-15)28-14-27-19/h7-8,11H,4-6,9-10,12-14H2,1-3H3,(H2,23,24,25). The maximum absolute atomic E-state index is 5.56. The highest BCUT2D eigenvalue weighted by molar-refractivity contribution is 5.80. The number of guanidine groups is 1. The quantitative estimate of drug-likeness (QED) is 0.524. The number of hydrogen-bond acceptors (Lipinski definition) is 5. The van der Waals surface area contributed by atoms with Gasteiger partial charge in [-0.2, -0.15) is 0 Å². The van der Waals surface area contributed by atoms with Gasteiger partial charge in [0.15, 0.2) is 17.5 Å². The Hall–Kier alpha value is -2.70. The number of fused-ring (bicyclic) bond motifs is 1. The van der Waals surface area contributed by atoms with E-state index in [1.807, 2.05) is 6.07 Å². The normalized spacial score (nSPS) is 16.7. The molecule has 29 heavy (non-hydrogen) atoms. The van der Waals surface area contributed by atoms with Crippen LogP contribution in [0.4, 0.5) is 0 Å². The summed E-state index contributed by atoms with van der Waals surface area (Å²) in [6, 6.07) is 6.30. The summed E-state index contributed by atoms with van der Waals surface area (Å²) in [5.41, 5.74) is 3.55. The van der Waals surface area contributed by atoms with Gasteiger partial charge in [0.25, 0.3) is 0 Å². The number of benzene rings is 1. The predicted octanol–water partition coefficient (Wildman–Crippen LogP) is 3.32. The van der Waals surface area contributed by atoms with E-state index in [4.69, 9.17) is 19.0 Å². The first kappa shape index (κ1) is 19.6. The number of nitrogens with one attached hydrogen (secondary N) is 2. The van der Waals surface area contributed by atoms with Gasteiger partial charge >= 0.3 is 0 Å². The molecule has 2 N–H and O–H groups in total. The number of aromatic nitrogens is 1. The van der Waals surface area contributed by atoms with Crippen LogP contribution in [0.2, 0.25) is 0 Å². The van der Waals surface area contributed by atoms with Crippen molar-refractivity contribution in [3.8, 4) is 11.5 Å². The maximum Gasteiger partial charge on any atom is 0.231 e. The van der Waals surface area contributed by atoms with Crippen LogP contribution in [0.3, 0.4) is 0 Å². The van der Waals surface area contributed by atoms with Gasteiger partial charge in [0.2, 0.25) is 6.79 Å². The van der Waals surface area contributed by atoms with Gasteiger partial charge in [0, 0.05) is 30.5 Å². The Kier molecular flexibility index (Phi) is 5.65. The number of aryl methyl sites for hydroxylation is 2. The van der Waals surface area contributed by atoms with Crippen molar-refractivity contribution in [2.45, 2.75) is 58.4 Å². The molecule has 0 spiro atoms. The molecule has 1 aliphatic carbocycles. The number of aliphatic imine (C=N–C) groups is 1. The first-order valence-electron chi connectivity index (χ1n) is 10.6. The van der Waals surface area contributed by atoms with E-state index in [1.54, 1.807) is 0 Å². The molecule has 0 bridgehead atoms. The molecular formula is C22H30N4O3. The molecule has 2 aliphatic rings. The zero-order valence-electron chi connectivity index (χ0n) is 17.5. The van der Waals surface area contributed by atoms with E-state index in [1.165, 1.54) is 5.56 Å². The van der Waals surface area contributed by atoms with E-state index < -0.39 is 0 Å². The molecule has 7 nitrogen and oxygen atoms in total. The third kappa shape index (κ3) is 4.04. The van der Waals surface area contributed by atoms with Crippen molar-refractivity contribution in [2.75, 3.05) is 19.9 Å². The topological polar surface area (TPSA) is 80.9 Å². The second-order valence-corrected chi connectivity index (χ2v) is 7.64. The Morgan fingerprint density at radius 1 is 1.10 bits per heavy atom. The molecule has 1 aromatic heterocycles. The lowest BCUT2D eigenvalue weighted by atomic mass is 9.95. The second-order valence-electron chi connectivity index (χ2n) is 7.64. The molecule has 7 heteroatoms. The monoisotopic (exact) mass is 398 g/mol. The highest BCUT2D eigenvalue weighted by Crippen LogP contribution is 2.49. The predicted molar refractivity (Wildman–Crippen MR) is 112 cm³/mol. The van der Waals surface area contributed by atoms with E-state index in [9.17, 15) is 0 Å². The zero-order chi connectivity index (χ0) is 20.3. The van der Waals surface area contributed by atoms with Gasteiger partial charge in [-0.1, -0.05) is 25.1 Å². The Morgan fingerprint density at radius 3 is 2.66 bits per heavy atom. The van der Waals surface area contributed by atoms with Gasteiger partial charge in [-0.25, -0.2) is 4.99 Å². The minimum Gasteiger partial charge on any atom is -0.454 e. The highest BCUT2D eigenvalue weighted by atomic mass is 16.7. The molecule has 2 heterocycles. The fourth-order valence-corrected chi connectivity index (χ4v) is 3.81. The summed E-state index contributed by atoms with van der Waals surface area (Å²) in [6.07, 6.45) is 4.00. The van der Waals surface area contributed by atoms with E-state index >= 15 is 0 Å². The zero-order valence-corrected chi connectivity index (χ0v) is 17.5. The van der Waals surface area contributed by atoms with E-state index in [0.717, 1.165) is 73.2 Å². The van der Waals surface area contributed by atoms with Gasteiger partial charge in [0.1, 0.15) is 5.76 Å². The molecule has 0 unspecified atom stereocenters. The third-order valence-electron chi connectivity index (χ3n) is 5.78. The molecular weight excluding hydrogens is 368 g/mol. The Balaban J connectivity index is 1.45. The highest BCUT2D eigenvalue weighted by Gasteiger charge is 2.44. The SMILES string of the molecule is CCNC(=NCc1c(CC)noc1CC)NCC1(c2ccc3c(c2)OCO3)CC1. The first-order valence-corrected chi connectivity index (χ1v) is 10.6. The van der Waals surface area contributed by atoms with Crippen LogP contribution >= 0.6 is 0 Å². The molecule has 4 rings (SSSR count). The first-order chi connectivity index (χ1) is 14.2. The number of nitrogens with zero attached hydrogens (tertiary/aromatic N) is 2. The number of hydrogen-bond donors (Lipinski definition) is 2. The van der Waals surface area contributed by atoms with Crippen LogP contribution in [-0.4, -0.2) is 31.0 Å². The van der Waals surface area contributed by atoms with Gasteiger partial charge < -0.3 is 24.6 Å². The largest absolute Gasteiger partial charge is 0.454 e. The van der Waals surface area contributed by atoms with Crippen molar-refractivity contribution in [3.05, 3.63) is 40.8 Å². The van der Waals surface area contributed by atoms with Crippen molar-refractivity contribution < 1.29 is 14.0 Å². The fraction of sp³-hybridized carbons (Fsp3) is 0.545. The van der Waals surface area contributed by atoms with Crippen molar-refractivity contribution in [1.29, 1.82) is 0 Å². The molecule has 1 aromatic carbocycles. The summed E-state index contributed by atoms with van der Waals surface area (Å²) in [7, 11) is 0. The fourth-order valence-electron chi connectivity index (χ4n) is 3.81. The van der Waals surface area contributed by atoms with Gasteiger partial charge in [-0.05, 0) is 43.9 Å². The summed E-state index contributed by atoms with van der Waals surface area (Å²) in [6.45, 7) is 8.79. The van der Waals surface area contributed by atoms with Gasteiger partial charge in [-0.15, -0.1) is 0 Å². The van der Waals surface area contributed by atoms with E-state index in [0.29, 0.717) is 13.3 Å². The average molecular weight is 399 g/mol. The average Bonchev–Trinajstić information content (AvgIpc) is 3.21. The Morgan fingerprint density at radius 2 is 1.93 bits per heavy atom. The van der Waals surface area contributed by atoms with Crippen molar-refractivity contribution in [1.82, 2.24) is 15.8 Å². The summed E-state index contributed by atoms with van der Waals surface area (Å²) >= 11 is 0. The molecule has 0 atom stereocenters. The van der Waals surface area contributed by atoms with Crippen LogP contribution in [0, 0.1) is 0 Å². The Bertz CT molecular complexity index is 865. The van der Waals surface area contributed by atoms with Gasteiger partial charge in [-0.3, -0.25) is 0 Å². The molecule has 0 radical (unpaired) electrons. The van der Waals surface area contributed by atoms with Crippen molar-refractivity contribution in [3.63, 3.8) is 0 Å².